The zero-order valence-electron chi connectivity index (χ0n) is 9.53. The molecule has 0 saturated carbocycles. The van der Waals surface area contributed by atoms with Crippen LogP contribution in [0.1, 0.15) is 18.7 Å². The molecule has 0 aliphatic rings. The van der Waals surface area contributed by atoms with Crippen LogP contribution in [0.3, 0.4) is 0 Å². The van der Waals surface area contributed by atoms with Crippen LogP contribution in [-0.4, -0.2) is 36.0 Å². The molecule has 0 aliphatic carbocycles. The molecule has 3 N–H and O–H groups in total. The SMILES string of the molecule is CC(C)(CNCC(O)CO)c1ccc(Cl)s1. The maximum Gasteiger partial charge on any atom is 0.0931 e. The second-order valence-electron chi connectivity index (χ2n) is 4.45. The highest BCUT2D eigenvalue weighted by Gasteiger charge is 2.22. The Morgan fingerprint density at radius 2 is 2.19 bits per heavy atom. The summed E-state index contributed by atoms with van der Waals surface area (Å²) in [5.41, 5.74) is -0.0209. The first-order chi connectivity index (χ1) is 7.45. The molecule has 1 rings (SSSR count). The Balaban J connectivity index is 2.46. The Hall–Kier alpha value is -0.130. The van der Waals surface area contributed by atoms with Gasteiger partial charge in [0.2, 0.25) is 0 Å². The van der Waals surface area contributed by atoms with Crippen molar-refractivity contribution in [3.63, 3.8) is 0 Å². The summed E-state index contributed by atoms with van der Waals surface area (Å²) in [6, 6.07) is 3.92. The van der Waals surface area contributed by atoms with E-state index in [0.29, 0.717) is 6.54 Å². The van der Waals surface area contributed by atoms with Crippen molar-refractivity contribution in [1.82, 2.24) is 5.32 Å². The summed E-state index contributed by atoms with van der Waals surface area (Å²) in [5.74, 6) is 0. The highest BCUT2D eigenvalue weighted by Crippen LogP contribution is 2.31. The number of halogens is 1. The van der Waals surface area contributed by atoms with Gasteiger partial charge in [-0.3, -0.25) is 0 Å². The zero-order chi connectivity index (χ0) is 12.2. The van der Waals surface area contributed by atoms with Crippen molar-refractivity contribution in [3.05, 3.63) is 21.3 Å². The zero-order valence-corrected chi connectivity index (χ0v) is 11.1. The second-order valence-corrected chi connectivity index (χ2v) is 6.17. The van der Waals surface area contributed by atoms with E-state index in [1.54, 1.807) is 11.3 Å². The lowest BCUT2D eigenvalue weighted by Crippen LogP contribution is -2.37. The number of aliphatic hydroxyl groups excluding tert-OH is 2. The van der Waals surface area contributed by atoms with Gasteiger partial charge in [0.15, 0.2) is 0 Å². The van der Waals surface area contributed by atoms with Gasteiger partial charge in [0.05, 0.1) is 17.0 Å². The van der Waals surface area contributed by atoms with Crippen molar-refractivity contribution in [2.75, 3.05) is 19.7 Å². The molecular formula is C11H18ClNO2S. The first-order valence-electron chi connectivity index (χ1n) is 5.21. The summed E-state index contributed by atoms with van der Waals surface area (Å²) >= 11 is 7.47. The molecule has 0 bridgehead atoms. The van der Waals surface area contributed by atoms with Crippen LogP contribution in [0.5, 0.6) is 0 Å². The van der Waals surface area contributed by atoms with Gasteiger partial charge < -0.3 is 15.5 Å². The molecule has 16 heavy (non-hydrogen) atoms. The van der Waals surface area contributed by atoms with Gasteiger partial charge in [0, 0.05) is 23.4 Å². The third-order valence-corrected chi connectivity index (χ3v) is 3.99. The van der Waals surface area contributed by atoms with Crippen molar-refractivity contribution in [2.45, 2.75) is 25.4 Å². The number of aliphatic hydroxyl groups is 2. The molecule has 1 aromatic heterocycles. The van der Waals surface area contributed by atoms with E-state index in [4.69, 9.17) is 16.7 Å². The van der Waals surface area contributed by atoms with Crippen molar-refractivity contribution in [2.24, 2.45) is 0 Å². The third-order valence-electron chi connectivity index (χ3n) is 2.40. The summed E-state index contributed by atoms with van der Waals surface area (Å²) in [7, 11) is 0. The van der Waals surface area contributed by atoms with Crippen molar-refractivity contribution < 1.29 is 10.2 Å². The minimum absolute atomic E-state index is 0.0209. The standard InChI is InChI=1S/C11H18ClNO2S/c1-11(2,7-13-5-8(15)6-14)9-3-4-10(12)16-9/h3-4,8,13-15H,5-7H2,1-2H3. The number of hydrogen-bond acceptors (Lipinski definition) is 4. The molecule has 0 radical (unpaired) electrons. The van der Waals surface area contributed by atoms with Crippen molar-refractivity contribution in [1.29, 1.82) is 0 Å². The van der Waals surface area contributed by atoms with E-state index in [1.165, 1.54) is 4.88 Å². The van der Waals surface area contributed by atoms with E-state index in [0.717, 1.165) is 10.9 Å². The first-order valence-corrected chi connectivity index (χ1v) is 6.40. The number of hydrogen-bond donors (Lipinski definition) is 3. The maximum absolute atomic E-state index is 9.20. The van der Waals surface area contributed by atoms with Crippen LogP contribution >= 0.6 is 22.9 Å². The Kier molecular flexibility index (Phi) is 5.21. The minimum Gasteiger partial charge on any atom is -0.394 e. The van der Waals surface area contributed by atoms with Crippen LogP contribution in [0, 0.1) is 0 Å². The monoisotopic (exact) mass is 263 g/mol. The van der Waals surface area contributed by atoms with Gasteiger partial charge >= 0.3 is 0 Å². The molecule has 1 aromatic rings. The van der Waals surface area contributed by atoms with Crippen molar-refractivity contribution >= 4 is 22.9 Å². The van der Waals surface area contributed by atoms with Crippen LogP contribution in [-0.2, 0) is 5.41 Å². The highest BCUT2D eigenvalue weighted by atomic mass is 35.5. The van der Waals surface area contributed by atoms with Crippen LogP contribution in [0.2, 0.25) is 4.34 Å². The molecule has 1 unspecified atom stereocenters. The molecule has 1 atom stereocenters. The lowest BCUT2D eigenvalue weighted by Gasteiger charge is -2.24. The van der Waals surface area contributed by atoms with Gasteiger partial charge in [-0.15, -0.1) is 11.3 Å². The Morgan fingerprint density at radius 3 is 2.69 bits per heavy atom. The summed E-state index contributed by atoms with van der Waals surface area (Å²) in [6.45, 7) is 5.17. The number of rotatable bonds is 6. The maximum atomic E-state index is 9.20. The summed E-state index contributed by atoms with van der Waals surface area (Å²) < 4.78 is 0.790. The second kappa shape index (κ2) is 5.98. The molecule has 1 heterocycles. The molecular weight excluding hydrogens is 246 g/mol. The molecule has 0 aliphatic heterocycles. The predicted octanol–water partition coefficient (Wildman–Crippen LogP) is 1.62. The van der Waals surface area contributed by atoms with Gasteiger partial charge in [-0.2, -0.15) is 0 Å². The normalized spacial score (nSPS) is 14.1. The van der Waals surface area contributed by atoms with Crippen LogP contribution in [0.25, 0.3) is 0 Å². The summed E-state index contributed by atoms with van der Waals surface area (Å²) in [4.78, 5) is 1.21. The average Bonchev–Trinajstić information content (AvgIpc) is 2.65. The first kappa shape index (κ1) is 13.9. The van der Waals surface area contributed by atoms with Gasteiger partial charge in [0.25, 0.3) is 0 Å². The molecule has 92 valence electrons. The lowest BCUT2D eigenvalue weighted by molar-refractivity contribution is 0.0935. The molecule has 0 fully saturated rings. The Bertz CT molecular complexity index is 328. The van der Waals surface area contributed by atoms with E-state index in [2.05, 4.69) is 19.2 Å². The molecule has 0 spiro atoms. The largest absolute Gasteiger partial charge is 0.394 e. The average molecular weight is 264 g/mol. The fraction of sp³-hybridized carbons (Fsp3) is 0.636. The van der Waals surface area contributed by atoms with Gasteiger partial charge in [0.1, 0.15) is 0 Å². The summed E-state index contributed by atoms with van der Waals surface area (Å²) in [5, 5.41) is 21.0. The van der Waals surface area contributed by atoms with Crippen LogP contribution in [0.4, 0.5) is 0 Å². The smallest absolute Gasteiger partial charge is 0.0931 e. The van der Waals surface area contributed by atoms with E-state index < -0.39 is 6.10 Å². The van der Waals surface area contributed by atoms with E-state index in [1.807, 2.05) is 12.1 Å². The fourth-order valence-electron chi connectivity index (χ4n) is 1.38. The van der Waals surface area contributed by atoms with E-state index in [-0.39, 0.29) is 12.0 Å². The number of thiophene rings is 1. The third kappa shape index (κ3) is 4.03. The number of nitrogens with one attached hydrogen (secondary N) is 1. The van der Waals surface area contributed by atoms with Crippen LogP contribution < -0.4 is 5.32 Å². The Morgan fingerprint density at radius 1 is 1.50 bits per heavy atom. The fourth-order valence-corrected chi connectivity index (χ4v) is 2.52. The predicted molar refractivity (Wildman–Crippen MR) is 68.3 cm³/mol. The van der Waals surface area contributed by atoms with E-state index in [9.17, 15) is 5.11 Å². The minimum atomic E-state index is -0.692. The van der Waals surface area contributed by atoms with E-state index >= 15 is 0 Å². The molecule has 3 nitrogen and oxygen atoms in total. The topological polar surface area (TPSA) is 52.5 Å². The summed E-state index contributed by atoms with van der Waals surface area (Å²) in [6.07, 6.45) is -0.692. The van der Waals surface area contributed by atoms with Crippen LogP contribution in [0.15, 0.2) is 12.1 Å². The molecule has 0 aromatic carbocycles. The van der Waals surface area contributed by atoms with Crippen molar-refractivity contribution in [3.8, 4) is 0 Å². The Labute approximate surface area is 105 Å². The van der Waals surface area contributed by atoms with Gasteiger partial charge in [-0.1, -0.05) is 25.4 Å². The molecule has 5 heteroatoms. The van der Waals surface area contributed by atoms with Gasteiger partial charge in [-0.05, 0) is 12.1 Å². The molecule has 0 saturated heterocycles. The highest BCUT2D eigenvalue weighted by molar-refractivity contribution is 7.16. The van der Waals surface area contributed by atoms with Gasteiger partial charge in [-0.25, -0.2) is 0 Å². The lowest BCUT2D eigenvalue weighted by atomic mass is 9.91. The molecule has 0 amide bonds. The quantitative estimate of drug-likeness (QED) is 0.731.